The molecule has 1 atom stereocenters. The maximum Gasteiger partial charge on any atom is 0.224 e. The first-order chi connectivity index (χ1) is 10.1. The molecule has 0 spiro atoms. The van der Waals surface area contributed by atoms with Gasteiger partial charge in [-0.25, -0.2) is 4.98 Å². The SMILES string of the molecule is CCOCCC(=O)N1CCC[C@H](c2nccn2C(C)C)C1. The smallest absolute Gasteiger partial charge is 0.224 e. The summed E-state index contributed by atoms with van der Waals surface area (Å²) in [5.41, 5.74) is 0. The zero-order valence-electron chi connectivity index (χ0n) is 13.4. The first kappa shape index (κ1) is 16.0. The van der Waals surface area contributed by atoms with Crippen molar-refractivity contribution in [1.29, 1.82) is 0 Å². The normalized spacial score (nSPS) is 19.2. The molecule has 5 heteroatoms. The molecule has 2 rings (SSSR count). The number of nitrogens with zero attached hydrogens (tertiary/aromatic N) is 3. The van der Waals surface area contributed by atoms with Crippen molar-refractivity contribution >= 4 is 5.91 Å². The van der Waals surface area contributed by atoms with Crippen LogP contribution in [-0.2, 0) is 9.53 Å². The number of hydrogen-bond acceptors (Lipinski definition) is 3. The lowest BCUT2D eigenvalue weighted by Gasteiger charge is -2.33. The Hall–Kier alpha value is -1.36. The van der Waals surface area contributed by atoms with Gasteiger partial charge in [0.1, 0.15) is 5.82 Å². The van der Waals surface area contributed by atoms with Crippen LogP contribution in [0.1, 0.15) is 57.8 Å². The minimum Gasteiger partial charge on any atom is -0.381 e. The molecule has 1 amide bonds. The highest BCUT2D eigenvalue weighted by Gasteiger charge is 2.27. The molecule has 0 bridgehead atoms. The Morgan fingerprint density at radius 2 is 2.33 bits per heavy atom. The van der Waals surface area contributed by atoms with Crippen LogP contribution in [0, 0.1) is 0 Å². The number of likely N-dealkylation sites (tertiary alicyclic amines) is 1. The van der Waals surface area contributed by atoms with Crippen molar-refractivity contribution in [3.05, 3.63) is 18.2 Å². The van der Waals surface area contributed by atoms with Crippen molar-refractivity contribution in [2.24, 2.45) is 0 Å². The number of aromatic nitrogens is 2. The standard InChI is InChI=1S/C16H27N3O2/c1-4-21-11-7-15(20)18-9-5-6-14(12-18)16-17-8-10-19(16)13(2)3/h8,10,13-14H,4-7,9,11-12H2,1-3H3/t14-/m0/s1. The van der Waals surface area contributed by atoms with Crippen LogP contribution in [-0.4, -0.2) is 46.7 Å². The third-order valence-corrected chi connectivity index (χ3v) is 4.06. The Morgan fingerprint density at radius 1 is 1.52 bits per heavy atom. The number of ether oxygens (including phenoxy) is 1. The van der Waals surface area contributed by atoms with Gasteiger partial charge in [0.2, 0.25) is 5.91 Å². The van der Waals surface area contributed by atoms with Gasteiger partial charge < -0.3 is 14.2 Å². The summed E-state index contributed by atoms with van der Waals surface area (Å²) in [6.07, 6.45) is 6.55. The maximum atomic E-state index is 12.2. The number of rotatable bonds is 6. The molecule has 0 saturated carbocycles. The van der Waals surface area contributed by atoms with Gasteiger partial charge in [0.25, 0.3) is 0 Å². The number of amides is 1. The van der Waals surface area contributed by atoms with Gasteiger partial charge in [-0.15, -0.1) is 0 Å². The number of carbonyl (C=O) groups excluding carboxylic acids is 1. The zero-order chi connectivity index (χ0) is 15.2. The monoisotopic (exact) mass is 293 g/mol. The second-order valence-electron chi connectivity index (χ2n) is 5.91. The molecule has 2 heterocycles. The molecule has 1 aromatic heterocycles. The summed E-state index contributed by atoms with van der Waals surface area (Å²) >= 11 is 0. The molecule has 1 fully saturated rings. The Bertz CT molecular complexity index is 456. The number of piperidine rings is 1. The zero-order valence-corrected chi connectivity index (χ0v) is 13.4. The first-order valence-corrected chi connectivity index (χ1v) is 8.01. The topological polar surface area (TPSA) is 47.4 Å². The maximum absolute atomic E-state index is 12.2. The summed E-state index contributed by atoms with van der Waals surface area (Å²) in [7, 11) is 0. The molecule has 0 N–H and O–H groups in total. The van der Waals surface area contributed by atoms with Crippen LogP contribution in [0.3, 0.4) is 0 Å². The van der Waals surface area contributed by atoms with Crippen molar-refractivity contribution < 1.29 is 9.53 Å². The van der Waals surface area contributed by atoms with Gasteiger partial charge in [-0.05, 0) is 33.6 Å². The van der Waals surface area contributed by atoms with Crippen molar-refractivity contribution in [3.8, 4) is 0 Å². The average Bonchev–Trinajstić information content (AvgIpc) is 2.97. The molecular formula is C16H27N3O2. The number of hydrogen-bond donors (Lipinski definition) is 0. The third-order valence-electron chi connectivity index (χ3n) is 4.06. The van der Waals surface area contributed by atoms with Gasteiger partial charge >= 0.3 is 0 Å². The third kappa shape index (κ3) is 4.06. The van der Waals surface area contributed by atoms with E-state index < -0.39 is 0 Å². The first-order valence-electron chi connectivity index (χ1n) is 8.01. The molecule has 0 unspecified atom stereocenters. The lowest BCUT2D eigenvalue weighted by atomic mass is 9.96. The summed E-state index contributed by atoms with van der Waals surface area (Å²) in [6.45, 7) is 9.13. The summed E-state index contributed by atoms with van der Waals surface area (Å²) in [6, 6.07) is 0.409. The molecule has 21 heavy (non-hydrogen) atoms. The molecule has 1 aliphatic rings. The van der Waals surface area contributed by atoms with Gasteiger partial charge in [0.05, 0.1) is 13.0 Å². The highest BCUT2D eigenvalue weighted by Crippen LogP contribution is 2.27. The van der Waals surface area contributed by atoms with Crippen molar-refractivity contribution in [2.45, 2.75) is 52.0 Å². The molecular weight excluding hydrogens is 266 g/mol. The van der Waals surface area contributed by atoms with Crippen LogP contribution in [0.5, 0.6) is 0 Å². The molecule has 0 aromatic carbocycles. The summed E-state index contributed by atoms with van der Waals surface area (Å²) in [4.78, 5) is 18.7. The lowest BCUT2D eigenvalue weighted by molar-refractivity contribution is -0.133. The van der Waals surface area contributed by atoms with Gasteiger partial charge in [-0.1, -0.05) is 0 Å². The van der Waals surface area contributed by atoms with E-state index in [4.69, 9.17) is 4.74 Å². The summed E-state index contributed by atoms with van der Waals surface area (Å²) in [5.74, 6) is 1.68. The second kappa shape index (κ2) is 7.59. The van der Waals surface area contributed by atoms with Crippen LogP contribution in [0.15, 0.2) is 12.4 Å². The minimum absolute atomic E-state index is 0.204. The van der Waals surface area contributed by atoms with Crippen LogP contribution in [0.25, 0.3) is 0 Å². The van der Waals surface area contributed by atoms with Crippen LogP contribution in [0.2, 0.25) is 0 Å². The van der Waals surface area contributed by atoms with Crippen LogP contribution < -0.4 is 0 Å². The Kier molecular flexibility index (Phi) is 5.79. The van der Waals surface area contributed by atoms with E-state index in [0.717, 1.165) is 31.8 Å². The van der Waals surface area contributed by atoms with Crippen LogP contribution >= 0.6 is 0 Å². The van der Waals surface area contributed by atoms with Crippen molar-refractivity contribution in [2.75, 3.05) is 26.3 Å². The molecule has 1 aromatic rings. The Morgan fingerprint density at radius 3 is 3.05 bits per heavy atom. The molecule has 118 valence electrons. The quantitative estimate of drug-likeness (QED) is 0.757. The molecule has 1 saturated heterocycles. The molecule has 1 aliphatic heterocycles. The van der Waals surface area contributed by atoms with Gasteiger partial charge in [0.15, 0.2) is 0 Å². The van der Waals surface area contributed by atoms with E-state index in [-0.39, 0.29) is 5.91 Å². The van der Waals surface area contributed by atoms with Crippen molar-refractivity contribution in [1.82, 2.24) is 14.5 Å². The number of carbonyl (C=O) groups is 1. The highest BCUT2D eigenvalue weighted by molar-refractivity contribution is 5.76. The molecule has 0 radical (unpaired) electrons. The predicted octanol–water partition coefficient (Wildman–Crippen LogP) is 2.60. The van der Waals surface area contributed by atoms with E-state index in [0.29, 0.717) is 31.6 Å². The van der Waals surface area contributed by atoms with E-state index in [1.807, 2.05) is 24.2 Å². The van der Waals surface area contributed by atoms with Crippen LogP contribution in [0.4, 0.5) is 0 Å². The average molecular weight is 293 g/mol. The van der Waals surface area contributed by atoms with Gasteiger partial charge in [-0.3, -0.25) is 4.79 Å². The van der Waals surface area contributed by atoms with E-state index in [1.165, 1.54) is 0 Å². The molecule has 5 nitrogen and oxygen atoms in total. The second-order valence-corrected chi connectivity index (χ2v) is 5.91. The fourth-order valence-electron chi connectivity index (χ4n) is 2.95. The van der Waals surface area contributed by atoms with E-state index in [1.54, 1.807) is 0 Å². The number of imidazole rings is 1. The highest BCUT2D eigenvalue weighted by atomic mass is 16.5. The Labute approximate surface area is 127 Å². The summed E-state index contributed by atoms with van der Waals surface area (Å²) < 4.78 is 7.50. The van der Waals surface area contributed by atoms with Gasteiger partial charge in [-0.2, -0.15) is 0 Å². The summed E-state index contributed by atoms with van der Waals surface area (Å²) in [5, 5.41) is 0. The predicted molar refractivity (Wildman–Crippen MR) is 82.3 cm³/mol. The van der Waals surface area contributed by atoms with Gasteiger partial charge in [0, 0.05) is 44.0 Å². The van der Waals surface area contributed by atoms with E-state index in [9.17, 15) is 4.79 Å². The van der Waals surface area contributed by atoms with E-state index in [2.05, 4.69) is 23.4 Å². The lowest BCUT2D eigenvalue weighted by Crippen LogP contribution is -2.40. The minimum atomic E-state index is 0.204. The van der Waals surface area contributed by atoms with E-state index >= 15 is 0 Å². The fourth-order valence-corrected chi connectivity index (χ4v) is 2.95. The Balaban J connectivity index is 1.97. The van der Waals surface area contributed by atoms with Crippen molar-refractivity contribution in [3.63, 3.8) is 0 Å². The largest absolute Gasteiger partial charge is 0.381 e. The molecule has 0 aliphatic carbocycles. The fraction of sp³-hybridized carbons (Fsp3) is 0.750.